The number of hydrogen-bond acceptors (Lipinski definition) is 2. The van der Waals surface area contributed by atoms with Crippen LogP contribution >= 0.6 is 0 Å². The van der Waals surface area contributed by atoms with E-state index in [1.54, 1.807) is 0 Å². The third kappa shape index (κ3) is 11.0. The molecular weight excluding hydrogens is 200 g/mol. The topological polar surface area (TPSA) is 26.3 Å². The molecule has 0 aromatic heterocycles. The third-order valence-corrected chi connectivity index (χ3v) is 2.17. The quantitative estimate of drug-likeness (QED) is 0.336. The third-order valence-electron chi connectivity index (χ3n) is 2.17. The number of esters is 1. The van der Waals surface area contributed by atoms with Gasteiger partial charge >= 0.3 is 5.97 Å². The largest absolute Gasteiger partial charge is 0.466 e. The first-order chi connectivity index (χ1) is 7.81. The highest BCUT2D eigenvalue weighted by atomic mass is 16.5. The van der Waals surface area contributed by atoms with Gasteiger partial charge in [-0.1, -0.05) is 44.1 Å². The van der Waals surface area contributed by atoms with Crippen molar-refractivity contribution in [2.24, 2.45) is 0 Å². The molecule has 2 heteroatoms. The van der Waals surface area contributed by atoms with Crippen LogP contribution in [0.3, 0.4) is 0 Å². The Balaban J connectivity index is 3.36. The average molecular weight is 224 g/mol. The fourth-order valence-electron chi connectivity index (χ4n) is 1.30. The lowest BCUT2D eigenvalue weighted by atomic mass is 10.2. The van der Waals surface area contributed by atoms with E-state index < -0.39 is 0 Å². The highest BCUT2D eigenvalue weighted by Gasteiger charge is 1.94. The lowest BCUT2D eigenvalue weighted by Crippen LogP contribution is -2.01. The number of carbonyl (C=O) groups is 1. The Morgan fingerprint density at radius 3 is 2.50 bits per heavy atom. The molecule has 0 aromatic rings. The maximum atomic E-state index is 11.0. The zero-order valence-electron chi connectivity index (χ0n) is 10.6. The van der Waals surface area contributed by atoms with E-state index in [0.717, 1.165) is 6.42 Å². The second kappa shape index (κ2) is 12.0. The van der Waals surface area contributed by atoms with Crippen molar-refractivity contribution in [3.05, 3.63) is 24.3 Å². The summed E-state index contributed by atoms with van der Waals surface area (Å²) in [6.45, 7) is 4.49. The summed E-state index contributed by atoms with van der Waals surface area (Å²) in [5.41, 5.74) is 0. The van der Waals surface area contributed by atoms with Gasteiger partial charge in [-0.15, -0.1) is 0 Å². The minimum atomic E-state index is -0.148. The highest BCUT2D eigenvalue weighted by molar-refractivity contribution is 5.71. The molecule has 0 fully saturated rings. The van der Waals surface area contributed by atoms with Gasteiger partial charge in [0.25, 0.3) is 0 Å². The Bertz CT molecular complexity index is 217. The second-order valence-electron chi connectivity index (χ2n) is 3.68. The SMILES string of the molecule is CCCCC/C=C\C/C=C/CC(=O)OCC. The molecule has 0 N–H and O–H groups in total. The van der Waals surface area contributed by atoms with Gasteiger partial charge in [0, 0.05) is 0 Å². The van der Waals surface area contributed by atoms with E-state index in [9.17, 15) is 4.79 Å². The number of carbonyl (C=O) groups excluding carboxylic acids is 1. The summed E-state index contributed by atoms with van der Waals surface area (Å²) >= 11 is 0. The minimum absolute atomic E-state index is 0.148. The number of unbranched alkanes of at least 4 members (excludes halogenated alkanes) is 3. The molecule has 0 radical (unpaired) electrons. The molecule has 0 heterocycles. The van der Waals surface area contributed by atoms with Gasteiger partial charge in [0.2, 0.25) is 0 Å². The summed E-state index contributed by atoms with van der Waals surface area (Å²) in [4.78, 5) is 11.0. The molecule has 0 aromatic carbocycles. The summed E-state index contributed by atoms with van der Waals surface area (Å²) in [6.07, 6.45) is 14.6. The second-order valence-corrected chi connectivity index (χ2v) is 3.68. The summed E-state index contributed by atoms with van der Waals surface area (Å²) in [5, 5.41) is 0. The molecule has 0 saturated carbocycles. The smallest absolute Gasteiger partial charge is 0.309 e. The predicted octanol–water partition coefficient (Wildman–Crippen LogP) is 4.02. The Morgan fingerprint density at radius 1 is 1.06 bits per heavy atom. The molecular formula is C14H24O2. The van der Waals surface area contributed by atoms with Crippen molar-refractivity contribution in [2.75, 3.05) is 6.61 Å². The van der Waals surface area contributed by atoms with Crippen LogP contribution in [0.4, 0.5) is 0 Å². The molecule has 0 aliphatic heterocycles. The standard InChI is InChI=1S/C14H24O2/c1-3-5-6-7-8-9-10-11-12-13-14(15)16-4-2/h8-9,11-12H,3-7,10,13H2,1-2H3/b9-8-,12-11+. The molecule has 0 rings (SSSR count). The van der Waals surface area contributed by atoms with Crippen LogP contribution in [-0.2, 0) is 9.53 Å². The number of hydrogen-bond donors (Lipinski definition) is 0. The molecule has 0 atom stereocenters. The molecule has 2 nitrogen and oxygen atoms in total. The van der Waals surface area contributed by atoms with Crippen LogP contribution in [0.5, 0.6) is 0 Å². The van der Waals surface area contributed by atoms with Gasteiger partial charge in [-0.05, 0) is 26.2 Å². The van der Waals surface area contributed by atoms with Gasteiger partial charge in [0.05, 0.1) is 13.0 Å². The van der Waals surface area contributed by atoms with Gasteiger partial charge in [-0.25, -0.2) is 0 Å². The predicted molar refractivity (Wildman–Crippen MR) is 68.3 cm³/mol. The summed E-state index contributed by atoms with van der Waals surface area (Å²) < 4.78 is 4.81. The summed E-state index contributed by atoms with van der Waals surface area (Å²) in [7, 11) is 0. The lowest BCUT2D eigenvalue weighted by Gasteiger charge is -1.95. The maximum absolute atomic E-state index is 11.0. The Morgan fingerprint density at radius 2 is 1.81 bits per heavy atom. The zero-order valence-corrected chi connectivity index (χ0v) is 10.6. The summed E-state index contributed by atoms with van der Waals surface area (Å²) in [6, 6.07) is 0. The molecule has 16 heavy (non-hydrogen) atoms. The summed E-state index contributed by atoms with van der Waals surface area (Å²) in [5.74, 6) is -0.148. The minimum Gasteiger partial charge on any atom is -0.466 e. The first-order valence-corrected chi connectivity index (χ1v) is 6.26. The van der Waals surface area contributed by atoms with Gasteiger partial charge in [0.15, 0.2) is 0 Å². The first kappa shape index (κ1) is 14.9. The maximum Gasteiger partial charge on any atom is 0.309 e. The van der Waals surface area contributed by atoms with Crippen LogP contribution in [0, 0.1) is 0 Å². The van der Waals surface area contributed by atoms with Gasteiger partial charge < -0.3 is 4.74 Å². The van der Waals surface area contributed by atoms with E-state index in [1.165, 1.54) is 25.7 Å². The Kier molecular flexibility index (Phi) is 11.2. The van der Waals surface area contributed by atoms with Crippen molar-refractivity contribution in [2.45, 2.75) is 52.4 Å². The normalized spacial score (nSPS) is 11.4. The molecule has 0 aliphatic rings. The fraction of sp³-hybridized carbons (Fsp3) is 0.643. The van der Waals surface area contributed by atoms with Crippen molar-refractivity contribution >= 4 is 5.97 Å². The van der Waals surface area contributed by atoms with Gasteiger partial charge in [-0.2, -0.15) is 0 Å². The lowest BCUT2D eigenvalue weighted by molar-refractivity contribution is -0.142. The van der Waals surface area contributed by atoms with Crippen LogP contribution in [-0.4, -0.2) is 12.6 Å². The van der Waals surface area contributed by atoms with Crippen molar-refractivity contribution in [1.82, 2.24) is 0 Å². The molecule has 92 valence electrons. The van der Waals surface area contributed by atoms with E-state index in [1.807, 2.05) is 19.1 Å². The molecule has 0 spiro atoms. The Labute approximate surface area is 99.4 Å². The Hall–Kier alpha value is -1.05. The van der Waals surface area contributed by atoms with E-state index in [4.69, 9.17) is 4.74 Å². The first-order valence-electron chi connectivity index (χ1n) is 6.26. The van der Waals surface area contributed by atoms with Crippen LogP contribution in [0.2, 0.25) is 0 Å². The highest BCUT2D eigenvalue weighted by Crippen LogP contribution is 2.00. The molecule has 0 bridgehead atoms. The van der Waals surface area contributed by atoms with E-state index in [0.29, 0.717) is 13.0 Å². The van der Waals surface area contributed by atoms with Crippen molar-refractivity contribution in [3.63, 3.8) is 0 Å². The molecule has 0 saturated heterocycles. The fourth-order valence-corrected chi connectivity index (χ4v) is 1.30. The van der Waals surface area contributed by atoms with E-state index in [2.05, 4.69) is 19.1 Å². The van der Waals surface area contributed by atoms with Crippen LogP contribution < -0.4 is 0 Å². The van der Waals surface area contributed by atoms with Crippen molar-refractivity contribution in [3.8, 4) is 0 Å². The van der Waals surface area contributed by atoms with Crippen LogP contribution in [0.15, 0.2) is 24.3 Å². The number of ether oxygens (including phenoxy) is 1. The van der Waals surface area contributed by atoms with Crippen LogP contribution in [0.25, 0.3) is 0 Å². The average Bonchev–Trinajstić information content (AvgIpc) is 2.27. The molecule has 0 unspecified atom stereocenters. The molecule has 0 amide bonds. The van der Waals surface area contributed by atoms with Gasteiger partial charge in [0.1, 0.15) is 0 Å². The number of rotatable bonds is 9. The number of allylic oxidation sites excluding steroid dienone is 3. The van der Waals surface area contributed by atoms with E-state index in [-0.39, 0.29) is 5.97 Å². The van der Waals surface area contributed by atoms with Crippen LogP contribution in [0.1, 0.15) is 52.4 Å². The molecule has 0 aliphatic carbocycles. The van der Waals surface area contributed by atoms with E-state index >= 15 is 0 Å². The van der Waals surface area contributed by atoms with Crippen molar-refractivity contribution in [1.29, 1.82) is 0 Å². The zero-order chi connectivity index (χ0) is 12.1. The monoisotopic (exact) mass is 224 g/mol. The van der Waals surface area contributed by atoms with Gasteiger partial charge in [-0.3, -0.25) is 4.79 Å². The van der Waals surface area contributed by atoms with Crippen molar-refractivity contribution < 1.29 is 9.53 Å².